The van der Waals surface area contributed by atoms with Gasteiger partial charge in [-0.2, -0.15) is 18.3 Å². The van der Waals surface area contributed by atoms with Crippen molar-refractivity contribution in [2.45, 2.75) is 76.1 Å². The third-order valence-electron chi connectivity index (χ3n) is 6.59. The molecule has 0 spiro atoms. The molecule has 27 heavy (non-hydrogen) atoms. The van der Waals surface area contributed by atoms with Gasteiger partial charge in [0, 0.05) is 5.92 Å². The van der Waals surface area contributed by atoms with Crippen LogP contribution >= 0.6 is 0 Å². The van der Waals surface area contributed by atoms with Crippen LogP contribution in [0.5, 0.6) is 0 Å². The average Bonchev–Trinajstić information content (AvgIpc) is 2.85. The van der Waals surface area contributed by atoms with Crippen molar-refractivity contribution in [2.24, 2.45) is 17.8 Å². The first-order valence-corrected chi connectivity index (χ1v) is 9.46. The Morgan fingerprint density at radius 3 is 2.11 bits per heavy atom. The highest BCUT2D eigenvalue weighted by molar-refractivity contribution is 5.91. The molecule has 0 saturated heterocycles. The molecule has 1 aromatic rings. The summed E-state index contributed by atoms with van der Waals surface area (Å²) in [6.07, 6.45) is -1.36. The lowest BCUT2D eigenvalue weighted by Gasteiger charge is -2.57. The standard InChI is InChI=1S/C19H25F3N2O3/c1-17(2,3)24-15(19(20,21)22)13(16(25)26)14(23-24)12-10-4-9-5-11(12)8-18(27,6-9)7-10/h9-12,27H,4-8H2,1-3H3,(H,25,26). The molecule has 4 fully saturated rings. The van der Waals surface area contributed by atoms with Crippen LogP contribution in [-0.4, -0.2) is 31.6 Å². The molecule has 5 rings (SSSR count). The molecule has 4 aliphatic carbocycles. The molecule has 4 aliphatic rings. The first kappa shape index (κ1) is 18.8. The number of hydrogen-bond donors (Lipinski definition) is 2. The van der Waals surface area contributed by atoms with E-state index >= 15 is 0 Å². The van der Waals surface area contributed by atoms with E-state index in [1.807, 2.05) is 0 Å². The molecule has 0 radical (unpaired) electrons. The van der Waals surface area contributed by atoms with Gasteiger partial charge in [0.2, 0.25) is 0 Å². The van der Waals surface area contributed by atoms with Gasteiger partial charge < -0.3 is 10.2 Å². The molecule has 8 heteroatoms. The van der Waals surface area contributed by atoms with Crippen LogP contribution in [0, 0.1) is 17.8 Å². The molecule has 4 bridgehead atoms. The number of aromatic nitrogens is 2. The number of aliphatic hydroxyl groups is 1. The fraction of sp³-hybridized carbons (Fsp3) is 0.789. The van der Waals surface area contributed by atoms with Gasteiger partial charge in [-0.1, -0.05) is 0 Å². The van der Waals surface area contributed by atoms with Gasteiger partial charge in [-0.05, 0) is 70.6 Å². The normalized spacial score (nSPS) is 35.7. The predicted octanol–water partition coefficient (Wildman–Crippen LogP) is 4.01. The lowest BCUT2D eigenvalue weighted by atomic mass is 9.49. The Labute approximate surface area is 155 Å². The molecule has 150 valence electrons. The molecule has 4 saturated carbocycles. The van der Waals surface area contributed by atoms with E-state index in [1.165, 1.54) is 0 Å². The third kappa shape index (κ3) is 2.87. The summed E-state index contributed by atoms with van der Waals surface area (Å²) < 4.78 is 42.3. The molecule has 0 aliphatic heterocycles. The maximum atomic E-state index is 13.8. The number of hydrogen-bond acceptors (Lipinski definition) is 3. The van der Waals surface area contributed by atoms with Crippen LogP contribution < -0.4 is 0 Å². The van der Waals surface area contributed by atoms with Crippen LogP contribution in [-0.2, 0) is 11.7 Å². The highest BCUT2D eigenvalue weighted by atomic mass is 19.4. The number of aromatic carboxylic acids is 1. The number of nitrogens with zero attached hydrogens (tertiary/aromatic N) is 2. The first-order valence-electron chi connectivity index (χ1n) is 9.46. The van der Waals surface area contributed by atoms with Crippen molar-refractivity contribution in [2.75, 3.05) is 0 Å². The second-order valence-corrected chi connectivity index (χ2v) is 9.71. The molecule has 2 unspecified atom stereocenters. The fourth-order valence-corrected chi connectivity index (χ4v) is 6.05. The van der Waals surface area contributed by atoms with Crippen LogP contribution in [0.4, 0.5) is 13.2 Å². The zero-order valence-electron chi connectivity index (χ0n) is 15.7. The molecule has 0 aromatic carbocycles. The largest absolute Gasteiger partial charge is 0.478 e. The zero-order valence-corrected chi connectivity index (χ0v) is 15.7. The maximum absolute atomic E-state index is 13.8. The summed E-state index contributed by atoms with van der Waals surface area (Å²) in [7, 11) is 0. The Balaban J connectivity index is 1.89. The Bertz CT molecular complexity index is 777. The summed E-state index contributed by atoms with van der Waals surface area (Å²) in [5.41, 5.74) is -3.57. The van der Waals surface area contributed by atoms with Gasteiger partial charge in [-0.25, -0.2) is 4.79 Å². The highest BCUT2D eigenvalue weighted by Crippen LogP contribution is 2.61. The molecule has 1 aromatic heterocycles. The Hall–Kier alpha value is -1.57. The second kappa shape index (κ2) is 5.49. The molecular weight excluding hydrogens is 361 g/mol. The monoisotopic (exact) mass is 386 g/mol. The van der Waals surface area contributed by atoms with Crippen molar-refractivity contribution in [3.05, 3.63) is 17.0 Å². The van der Waals surface area contributed by atoms with Gasteiger partial charge in [0.05, 0.1) is 16.8 Å². The smallest absolute Gasteiger partial charge is 0.433 e. The van der Waals surface area contributed by atoms with E-state index in [9.17, 15) is 28.2 Å². The molecule has 5 nitrogen and oxygen atoms in total. The van der Waals surface area contributed by atoms with Crippen molar-refractivity contribution >= 4 is 5.97 Å². The molecular formula is C19H25F3N2O3. The lowest BCUT2D eigenvalue weighted by Crippen LogP contribution is -2.54. The minimum Gasteiger partial charge on any atom is -0.478 e. The van der Waals surface area contributed by atoms with Crippen molar-refractivity contribution in [1.29, 1.82) is 0 Å². The lowest BCUT2D eigenvalue weighted by molar-refractivity contribution is -0.146. The van der Waals surface area contributed by atoms with Crippen LogP contribution in [0.25, 0.3) is 0 Å². The van der Waals surface area contributed by atoms with Crippen molar-refractivity contribution in [3.8, 4) is 0 Å². The second-order valence-electron chi connectivity index (χ2n) is 9.71. The van der Waals surface area contributed by atoms with Crippen molar-refractivity contribution in [1.82, 2.24) is 9.78 Å². The van der Waals surface area contributed by atoms with Gasteiger partial charge >= 0.3 is 12.1 Å². The SMILES string of the molecule is CC(C)(C)n1nc(C2C3CC4CC2CC(O)(C4)C3)c(C(=O)O)c1C(F)(F)F. The number of alkyl halides is 3. The number of carboxylic acids is 1. The summed E-state index contributed by atoms with van der Waals surface area (Å²) >= 11 is 0. The number of carboxylic acid groups (broad SMARTS) is 1. The van der Waals surface area contributed by atoms with Crippen molar-refractivity contribution < 1.29 is 28.2 Å². The third-order valence-corrected chi connectivity index (χ3v) is 6.59. The predicted molar refractivity (Wildman–Crippen MR) is 90.4 cm³/mol. The minimum absolute atomic E-state index is 0.0104. The average molecular weight is 386 g/mol. The Morgan fingerprint density at radius 1 is 1.15 bits per heavy atom. The highest BCUT2D eigenvalue weighted by Gasteiger charge is 2.57. The van der Waals surface area contributed by atoms with E-state index in [1.54, 1.807) is 20.8 Å². The summed E-state index contributed by atoms with van der Waals surface area (Å²) in [5, 5.41) is 24.7. The summed E-state index contributed by atoms with van der Waals surface area (Å²) in [6, 6.07) is 0. The van der Waals surface area contributed by atoms with Gasteiger partial charge in [0.15, 0.2) is 5.69 Å². The van der Waals surface area contributed by atoms with Crippen LogP contribution in [0.3, 0.4) is 0 Å². The van der Waals surface area contributed by atoms with Crippen LogP contribution in [0.1, 0.15) is 80.5 Å². The quantitative estimate of drug-likeness (QED) is 0.805. The van der Waals surface area contributed by atoms with Crippen LogP contribution in [0.15, 0.2) is 0 Å². The maximum Gasteiger partial charge on any atom is 0.433 e. The molecule has 0 amide bonds. The van der Waals surface area contributed by atoms with E-state index < -0.39 is 34.5 Å². The molecule has 2 N–H and O–H groups in total. The Morgan fingerprint density at radius 2 is 1.70 bits per heavy atom. The van der Waals surface area contributed by atoms with Gasteiger partial charge in [-0.15, -0.1) is 0 Å². The zero-order chi connectivity index (χ0) is 19.9. The summed E-state index contributed by atoms with van der Waals surface area (Å²) in [5.74, 6) is -1.56. The number of rotatable bonds is 2. The fourth-order valence-electron chi connectivity index (χ4n) is 6.05. The first-order chi connectivity index (χ1) is 12.3. The Kier molecular flexibility index (Phi) is 3.82. The van der Waals surface area contributed by atoms with Crippen LogP contribution in [0.2, 0.25) is 0 Å². The summed E-state index contributed by atoms with van der Waals surface area (Å²) in [6.45, 7) is 4.76. The van der Waals surface area contributed by atoms with Gasteiger partial charge in [0.25, 0.3) is 0 Å². The minimum atomic E-state index is -4.81. The number of carbonyl (C=O) groups is 1. The van der Waals surface area contributed by atoms with E-state index in [0.29, 0.717) is 18.8 Å². The topological polar surface area (TPSA) is 75.3 Å². The van der Waals surface area contributed by atoms with Crippen molar-refractivity contribution in [3.63, 3.8) is 0 Å². The number of halogens is 3. The van der Waals surface area contributed by atoms with E-state index in [0.717, 1.165) is 23.9 Å². The van der Waals surface area contributed by atoms with Gasteiger partial charge in [-0.3, -0.25) is 4.68 Å². The summed E-state index contributed by atoms with van der Waals surface area (Å²) in [4.78, 5) is 11.9. The van der Waals surface area contributed by atoms with E-state index in [-0.39, 0.29) is 23.4 Å². The van der Waals surface area contributed by atoms with E-state index in [4.69, 9.17) is 0 Å². The van der Waals surface area contributed by atoms with Gasteiger partial charge in [0.1, 0.15) is 5.56 Å². The molecule has 2 atom stereocenters. The molecule has 1 heterocycles. The van der Waals surface area contributed by atoms with E-state index in [2.05, 4.69) is 5.10 Å².